The molecule has 4 N–H and O–H groups in total. The van der Waals surface area contributed by atoms with Crippen molar-refractivity contribution in [2.45, 2.75) is 50.4 Å². The van der Waals surface area contributed by atoms with E-state index in [4.69, 9.17) is 18.9 Å². The topological polar surface area (TPSA) is 144 Å². The third kappa shape index (κ3) is 5.25. The molecular weight excluding hydrogens is 338 g/mol. The first-order chi connectivity index (χ1) is 12.0. The Morgan fingerprint density at radius 1 is 1.24 bits per heavy atom. The number of amides is 1. The van der Waals surface area contributed by atoms with E-state index >= 15 is 0 Å². The van der Waals surface area contributed by atoms with Crippen LogP contribution in [0.5, 0.6) is 0 Å². The molecule has 0 aromatic heterocycles. The van der Waals surface area contributed by atoms with Crippen LogP contribution in [0.2, 0.25) is 0 Å². The first-order valence-electron chi connectivity index (χ1n) is 8.29. The molecule has 10 nitrogen and oxygen atoms in total. The zero-order valence-corrected chi connectivity index (χ0v) is 14.0. The minimum Gasteiger partial charge on any atom is -0.434 e. The maximum atomic E-state index is 11.8. The van der Waals surface area contributed by atoms with Gasteiger partial charge in [-0.05, 0) is 6.42 Å². The first kappa shape index (κ1) is 19.9. The van der Waals surface area contributed by atoms with Gasteiger partial charge in [0.25, 0.3) is 0 Å². The summed E-state index contributed by atoms with van der Waals surface area (Å²) in [7, 11) is 0. The van der Waals surface area contributed by atoms with Gasteiger partial charge in [0, 0.05) is 12.3 Å². The van der Waals surface area contributed by atoms with Crippen molar-refractivity contribution in [3.8, 4) is 0 Å². The molecule has 2 heterocycles. The molecule has 2 rings (SSSR count). The number of ether oxygens (including phenoxy) is 4. The molecule has 1 unspecified atom stereocenters. The minimum absolute atomic E-state index is 0.109. The molecule has 2 aliphatic rings. The van der Waals surface area contributed by atoms with Crippen molar-refractivity contribution in [2.24, 2.45) is 5.92 Å². The van der Waals surface area contributed by atoms with Crippen molar-refractivity contribution >= 4 is 12.1 Å². The lowest BCUT2D eigenvalue weighted by Crippen LogP contribution is -2.65. The van der Waals surface area contributed by atoms with E-state index in [-0.39, 0.29) is 18.9 Å². The highest BCUT2D eigenvalue weighted by Crippen LogP contribution is 2.23. The summed E-state index contributed by atoms with van der Waals surface area (Å²) in [6, 6.07) is -1.18. The number of carbonyl (C=O) groups excluding carboxylic acids is 2. The Kier molecular flexibility index (Phi) is 7.38. The van der Waals surface area contributed by atoms with E-state index in [0.717, 1.165) is 0 Å². The standard InChI is InChI=1S/C15H25NO9/c1-2-3-10(18)16-11-13(20)12(19)9(4-17)24-14(11)25-15(21)23-7-8-5-22-6-8/h8-9,11-14,17,19-20H,2-7H2,1H3,(H,16,18)/t9-,11-,12-,13-,14?/m1/s1. The summed E-state index contributed by atoms with van der Waals surface area (Å²) < 4.78 is 20.2. The van der Waals surface area contributed by atoms with Crippen molar-refractivity contribution in [1.29, 1.82) is 0 Å². The molecule has 2 fully saturated rings. The third-order valence-electron chi connectivity index (χ3n) is 4.04. The van der Waals surface area contributed by atoms with Gasteiger partial charge in [0.2, 0.25) is 12.2 Å². The van der Waals surface area contributed by atoms with Crippen LogP contribution in [0.3, 0.4) is 0 Å². The highest BCUT2D eigenvalue weighted by molar-refractivity contribution is 5.76. The molecule has 0 saturated carbocycles. The SMILES string of the molecule is CCCC(=O)N[C@H]1C(OC(=O)OCC2COC2)O[C@H](CO)[C@@H](O)[C@@H]1O. The van der Waals surface area contributed by atoms with Crippen molar-refractivity contribution in [1.82, 2.24) is 5.32 Å². The molecule has 0 radical (unpaired) electrons. The van der Waals surface area contributed by atoms with Gasteiger partial charge in [-0.1, -0.05) is 6.92 Å². The van der Waals surface area contributed by atoms with Crippen molar-refractivity contribution in [2.75, 3.05) is 26.4 Å². The number of nitrogens with one attached hydrogen (secondary N) is 1. The normalized spacial score (nSPS) is 32.6. The Hall–Kier alpha value is -1.46. The molecular formula is C15H25NO9. The highest BCUT2D eigenvalue weighted by Gasteiger charge is 2.47. The lowest BCUT2D eigenvalue weighted by molar-refractivity contribution is -0.257. The average Bonchev–Trinajstić information content (AvgIpc) is 2.53. The number of carbonyl (C=O) groups is 2. The lowest BCUT2D eigenvalue weighted by atomic mass is 9.97. The fourth-order valence-corrected chi connectivity index (χ4v) is 2.52. The number of rotatable bonds is 7. The summed E-state index contributed by atoms with van der Waals surface area (Å²) >= 11 is 0. The number of aliphatic hydroxyl groups is 3. The molecule has 1 amide bonds. The quantitative estimate of drug-likeness (QED) is 0.398. The lowest BCUT2D eigenvalue weighted by Gasteiger charge is -2.41. The van der Waals surface area contributed by atoms with Crippen molar-refractivity contribution < 1.29 is 43.9 Å². The second kappa shape index (κ2) is 9.30. The van der Waals surface area contributed by atoms with Crippen molar-refractivity contribution in [3.63, 3.8) is 0 Å². The molecule has 10 heteroatoms. The van der Waals surface area contributed by atoms with Crippen LogP contribution in [0, 0.1) is 5.92 Å². The van der Waals surface area contributed by atoms with Crippen LogP contribution in [-0.2, 0) is 23.7 Å². The van der Waals surface area contributed by atoms with E-state index in [1.54, 1.807) is 6.92 Å². The Bertz CT molecular complexity index is 456. The predicted molar refractivity (Wildman–Crippen MR) is 81.3 cm³/mol. The number of aliphatic hydroxyl groups excluding tert-OH is 3. The van der Waals surface area contributed by atoms with E-state index in [1.807, 2.05) is 0 Å². The molecule has 0 bridgehead atoms. The largest absolute Gasteiger partial charge is 0.510 e. The van der Waals surface area contributed by atoms with E-state index in [9.17, 15) is 24.9 Å². The molecule has 2 aliphatic heterocycles. The van der Waals surface area contributed by atoms with Crippen molar-refractivity contribution in [3.05, 3.63) is 0 Å². The smallest absolute Gasteiger partial charge is 0.434 e. The Balaban J connectivity index is 1.97. The van der Waals surface area contributed by atoms with Crippen LogP contribution >= 0.6 is 0 Å². The zero-order chi connectivity index (χ0) is 18.4. The average molecular weight is 363 g/mol. The van der Waals surface area contributed by atoms with Gasteiger partial charge in [0.05, 0.1) is 19.8 Å². The summed E-state index contributed by atoms with van der Waals surface area (Å²) in [5.74, 6) is -0.282. The summed E-state index contributed by atoms with van der Waals surface area (Å²) in [5.41, 5.74) is 0. The summed E-state index contributed by atoms with van der Waals surface area (Å²) in [5, 5.41) is 31.9. The fourth-order valence-electron chi connectivity index (χ4n) is 2.52. The molecule has 0 aromatic rings. The maximum Gasteiger partial charge on any atom is 0.510 e. The fraction of sp³-hybridized carbons (Fsp3) is 0.867. The predicted octanol–water partition coefficient (Wildman–Crippen LogP) is -1.49. The number of hydrogen-bond donors (Lipinski definition) is 4. The van der Waals surface area contributed by atoms with Gasteiger partial charge in [-0.2, -0.15) is 0 Å². The Labute approximate surface area is 145 Å². The number of hydrogen-bond acceptors (Lipinski definition) is 9. The van der Waals surface area contributed by atoms with Crippen LogP contribution in [0.15, 0.2) is 0 Å². The van der Waals surface area contributed by atoms with Gasteiger partial charge in [-0.15, -0.1) is 0 Å². The van der Waals surface area contributed by atoms with Gasteiger partial charge >= 0.3 is 6.16 Å². The zero-order valence-electron chi connectivity index (χ0n) is 14.0. The summed E-state index contributed by atoms with van der Waals surface area (Å²) in [6.07, 6.45) is -5.75. The van der Waals surface area contributed by atoms with Gasteiger partial charge in [-0.25, -0.2) is 4.79 Å². The third-order valence-corrected chi connectivity index (χ3v) is 4.04. The maximum absolute atomic E-state index is 11.8. The minimum atomic E-state index is -1.48. The Morgan fingerprint density at radius 2 is 1.96 bits per heavy atom. The Morgan fingerprint density at radius 3 is 2.52 bits per heavy atom. The monoisotopic (exact) mass is 363 g/mol. The van der Waals surface area contributed by atoms with Crippen LogP contribution < -0.4 is 5.32 Å². The molecule has 25 heavy (non-hydrogen) atoms. The van der Waals surface area contributed by atoms with Crippen LogP contribution in [-0.4, -0.2) is 84.5 Å². The van der Waals surface area contributed by atoms with Crippen LogP contribution in [0.4, 0.5) is 4.79 Å². The van der Waals surface area contributed by atoms with Gasteiger partial charge in [-0.3, -0.25) is 4.79 Å². The van der Waals surface area contributed by atoms with E-state index in [1.165, 1.54) is 0 Å². The van der Waals surface area contributed by atoms with Crippen LogP contribution in [0.25, 0.3) is 0 Å². The van der Waals surface area contributed by atoms with E-state index in [0.29, 0.717) is 19.6 Å². The van der Waals surface area contributed by atoms with Crippen LogP contribution in [0.1, 0.15) is 19.8 Å². The molecule has 0 spiro atoms. The van der Waals surface area contributed by atoms with E-state index < -0.39 is 49.3 Å². The van der Waals surface area contributed by atoms with Gasteiger partial charge in [0.15, 0.2) is 0 Å². The second-order valence-electron chi connectivity index (χ2n) is 6.13. The first-order valence-corrected chi connectivity index (χ1v) is 8.29. The summed E-state index contributed by atoms with van der Waals surface area (Å²) in [6.45, 7) is 2.33. The van der Waals surface area contributed by atoms with Gasteiger partial charge in [0.1, 0.15) is 31.0 Å². The highest BCUT2D eigenvalue weighted by atomic mass is 16.8. The second-order valence-corrected chi connectivity index (χ2v) is 6.13. The van der Waals surface area contributed by atoms with E-state index in [2.05, 4.69) is 5.32 Å². The molecule has 0 aromatic carbocycles. The molecule has 0 aliphatic carbocycles. The summed E-state index contributed by atoms with van der Waals surface area (Å²) in [4.78, 5) is 23.6. The van der Waals surface area contributed by atoms with Gasteiger partial charge < -0.3 is 39.6 Å². The molecule has 5 atom stereocenters. The molecule has 2 saturated heterocycles. The molecule has 144 valence electrons.